The monoisotopic (exact) mass is 355 g/mol. The number of amides is 1. The van der Waals surface area contributed by atoms with E-state index in [1.807, 2.05) is 0 Å². The molecule has 1 unspecified atom stereocenters. The molecule has 1 N–H and O–H groups in total. The molecule has 1 amide bonds. The number of carbonyl (C=O) groups is 2. The lowest BCUT2D eigenvalue weighted by atomic mass is 10.0. The molecule has 3 rings (SSSR count). The normalized spacial score (nSPS) is 14.4. The number of pyridine rings is 1. The van der Waals surface area contributed by atoms with Gasteiger partial charge in [-0.3, -0.25) is 14.9 Å². The summed E-state index contributed by atoms with van der Waals surface area (Å²) in [5, 5.41) is 20.2. The van der Waals surface area contributed by atoms with Gasteiger partial charge in [0, 0.05) is 23.7 Å². The molecule has 0 aliphatic carbocycles. The van der Waals surface area contributed by atoms with Gasteiger partial charge < -0.3 is 10.0 Å². The van der Waals surface area contributed by atoms with Gasteiger partial charge in [-0.15, -0.1) is 0 Å². The zero-order valence-corrected chi connectivity index (χ0v) is 14.2. The standard InChI is InChI=1S/C18H17N3O5/c1-10(2)16(18(23)24)20-9-12-4-3-11(7-14(12)17(20)22)15-6-5-13(8-19-15)21(25)26/h3-8,10,16H,9H2,1-2H3,(H,23,24). The first-order valence-corrected chi connectivity index (χ1v) is 8.07. The largest absolute Gasteiger partial charge is 0.480 e. The quantitative estimate of drug-likeness (QED) is 0.651. The number of hydrogen-bond donors (Lipinski definition) is 1. The molecule has 1 aliphatic rings. The summed E-state index contributed by atoms with van der Waals surface area (Å²) in [6, 6.07) is 7.18. The van der Waals surface area contributed by atoms with Crippen molar-refractivity contribution in [3.8, 4) is 11.3 Å². The lowest BCUT2D eigenvalue weighted by Crippen LogP contribution is -2.44. The molecule has 8 nitrogen and oxygen atoms in total. The molecule has 1 atom stereocenters. The number of nitrogens with zero attached hydrogens (tertiary/aromatic N) is 3. The summed E-state index contributed by atoms with van der Waals surface area (Å²) in [6.45, 7) is 3.78. The van der Waals surface area contributed by atoms with Gasteiger partial charge in [0.1, 0.15) is 12.2 Å². The Hall–Kier alpha value is -3.29. The summed E-state index contributed by atoms with van der Waals surface area (Å²) in [5.74, 6) is -1.58. The molecule has 8 heteroatoms. The van der Waals surface area contributed by atoms with Crippen molar-refractivity contribution in [2.24, 2.45) is 5.92 Å². The first-order valence-electron chi connectivity index (χ1n) is 8.07. The third-order valence-electron chi connectivity index (χ3n) is 4.42. The minimum absolute atomic E-state index is 0.113. The van der Waals surface area contributed by atoms with E-state index in [-0.39, 0.29) is 24.1 Å². The maximum absolute atomic E-state index is 12.7. The first kappa shape index (κ1) is 17.5. The van der Waals surface area contributed by atoms with E-state index in [0.29, 0.717) is 16.8 Å². The van der Waals surface area contributed by atoms with Gasteiger partial charge in [-0.25, -0.2) is 9.78 Å². The molecule has 0 spiro atoms. The van der Waals surface area contributed by atoms with Crippen LogP contribution < -0.4 is 0 Å². The van der Waals surface area contributed by atoms with Crippen molar-refractivity contribution in [3.63, 3.8) is 0 Å². The van der Waals surface area contributed by atoms with Crippen LogP contribution in [0.1, 0.15) is 29.8 Å². The zero-order chi connectivity index (χ0) is 19.0. The second kappa shape index (κ2) is 6.55. The van der Waals surface area contributed by atoms with Crippen LogP contribution in [0.15, 0.2) is 36.5 Å². The average molecular weight is 355 g/mol. The molecular weight excluding hydrogens is 338 g/mol. The highest BCUT2D eigenvalue weighted by Crippen LogP contribution is 2.31. The molecule has 1 aromatic heterocycles. The maximum Gasteiger partial charge on any atom is 0.326 e. The number of fused-ring (bicyclic) bond motifs is 1. The maximum atomic E-state index is 12.7. The van der Waals surface area contributed by atoms with Crippen LogP contribution in [0.3, 0.4) is 0 Å². The minimum Gasteiger partial charge on any atom is -0.480 e. The molecule has 0 fully saturated rings. The van der Waals surface area contributed by atoms with E-state index in [1.54, 1.807) is 32.0 Å². The summed E-state index contributed by atoms with van der Waals surface area (Å²) < 4.78 is 0. The Kier molecular flexibility index (Phi) is 4.41. The van der Waals surface area contributed by atoms with Crippen molar-refractivity contribution in [1.29, 1.82) is 0 Å². The third kappa shape index (κ3) is 3.01. The second-order valence-corrected chi connectivity index (χ2v) is 6.49. The SMILES string of the molecule is CC(C)C(C(=O)O)N1Cc2ccc(-c3ccc([N+](=O)[O-])cn3)cc2C1=O. The van der Waals surface area contributed by atoms with E-state index in [4.69, 9.17) is 0 Å². The molecular formula is C18H17N3O5. The lowest BCUT2D eigenvalue weighted by Gasteiger charge is -2.27. The fourth-order valence-electron chi connectivity index (χ4n) is 3.15. The van der Waals surface area contributed by atoms with Crippen LogP contribution in [0.5, 0.6) is 0 Å². The molecule has 1 aliphatic heterocycles. The topological polar surface area (TPSA) is 114 Å². The zero-order valence-electron chi connectivity index (χ0n) is 14.2. The first-order chi connectivity index (χ1) is 12.3. The smallest absolute Gasteiger partial charge is 0.326 e. The lowest BCUT2D eigenvalue weighted by molar-refractivity contribution is -0.385. The van der Waals surface area contributed by atoms with Gasteiger partial charge in [0.05, 0.1) is 10.6 Å². The van der Waals surface area contributed by atoms with E-state index < -0.39 is 16.9 Å². The second-order valence-electron chi connectivity index (χ2n) is 6.49. The Morgan fingerprint density at radius 3 is 2.58 bits per heavy atom. The fraction of sp³-hybridized carbons (Fsp3) is 0.278. The summed E-state index contributed by atoms with van der Waals surface area (Å²) in [4.78, 5) is 39.9. The summed E-state index contributed by atoms with van der Waals surface area (Å²) in [6.07, 6.45) is 1.16. The molecule has 0 saturated heterocycles. The van der Waals surface area contributed by atoms with Crippen molar-refractivity contribution in [2.45, 2.75) is 26.4 Å². The average Bonchev–Trinajstić information content (AvgIpc) is 2.90. The van der Waals surface area contributed by atoms with Gasteiger partial charge in [-0.2, -0.15) is 0 Å². The van der Waals surface area contributed by atoms with Crippen LogP contribution in [-0.4, -0.2) is 37.8 Å². The minimum atomic E-state index is -1.03. The van der Waals surface area contributed by atoms with Crippen LogP contribution in [0.4, 0.5) is 5.69 Å². The number of aromatic nitrogens is 1. The summed E-state index contributed by atoms with van der Waals surface area (Å²) >= 11 is 0. The molecule has 0 saturated carbocycles. The highest BCUT2D eigenvalue weighted by molar-refractivity contribution is 6.01. The predicted octanol–water partition coefficient (Wildman–Crippen LogP) is 2.72. The van der Waals surface area contributed by atoms with Crippen molar-refractivity contribution in [3.05, 3.63) is 57.8 Å². The Morgan fingerprint density at radius 2 is 2.04 bits per heavy atom. The molecule has 0 radical (unpaired) electrons. The highest BCUT2D eigenvalue weighted by atomic mass is 16.6. The van der Waals surface area contributed by atoms with Crippen LogP contribution in [0, 0.1) is 16.0 Å². The van der Waals surface area contributed by atoms with E-state index in [0.717, 1.165) is 11.8 Å². The molecule has 2 aromatic rings. The van der Waals surface area contributed by atoms with Crippen molar-refractivity contribution >= 4 is 17.6 Å². The number of hydrogen-bond acceptors (Lipinski definition) is 5. The highest BCUT2D eigenvalue weighted by Gasteiger charge is 2.38. The van der Waals surface area contributed by atoms with Crippen molar-refractivity contribution < 1.29 is 19.6 Å². The molecule has 134 valence electrons. The molecule has 0 bridgehead atoms. The molecule has 2 heterocycles. The summed E-state index contributed by atoms with van der Waals surface area (Å²) in [7, 11) is 0. The van der Waals surface area contributed by atoms with E-state index in [2.05, 4.69) is 4.98 Å². The van der Waals surface area contributed by atoms with Gasteiger partial charge >= 0.3 is 5.97 Å². The Bertz CT molecular complexity index is 892. The number of nitro groups is 1. The molecule has 1 aromatic carbocycles. The fourth-order valence-corrected chi connectivity index (χ4v) is 3.15. The molecule has 26 heavy (non-hydrogen) atoms. The van der Waals surface area contributed by atoms with Crippen LogP contribution in [-0.2, 0) is 11.3 Å². The summed E-state index contributed by atoms with van der Waals surface area (Å²) in [5.41, 5.74) is 2.23. The van der Waals surface area contributed by atoms with Crippen molar-refractivity contribution in [1.82, 2.24) is 9.88 Å². The van der Waals surface area contributed by atoms with E-state index in [9.17, 15) is 24.8 Å². The van der Waals surface area contributed by atoms with Gasteiger partial charge in [0.15, 0.2) is 0 Å². The Morgan fingerprint density at radius 1 is 1.31 bits per heavy atom. The third-order valence-corrected chi connectivity index (χ3v) is 4.42. The van der Waals surface area contributed by atoms with Gasteiger partial charge in [0.2, 0.25) is 0 Å². The van der Waals surface area contributed by atoms with Crippen LogP contribution >= 0.6 is 0 Å². The van der Waals surface area contributed by atoms with Crippen LogP contribution in [0.2, 0.25) is 0 Å². The Labute approximate surface area is 149 Å². The van der Waals surface area contributed by atoms with Gasteiger partial charge in [-0.05, 0) is 23.6 Å². The number of carboxylic acids is 1. The number of rotatable bonds is 5. The number of carboxylic acid groups (broad SMARTS) is 1. The van der Waals surface area contributed by atoms with Gasteiger partial charge in [0.25, 0.3) is 11.6 Å². The number of aliphatic carboxylic acids is 1. The Balaban J connectivity index is 1.93. The van der Waals surface area contributed by atoms with Gasteiger partial charge in [-0.1, -0.05) is 26.0 Å². The van der Waals surface area contributed by atoms with Crippen LogP contribution in [0.25, 0.3) is 11.3 Å². The predicted molar refractivity (Wildman–Crippen MR) is 92.5 cm³/mol. The van der Waals surface area contributed by atoms with E-state index >= 15 is 0 Å². The van der Waals surface area contributed by atoms with Crippen molar-refractivity contribution in [2.75, 3.05) is 0 Å². The van der Waals surface area contributed by atoms with E-state index in [1.165, 1.54) is 17.0 Å². The number of carbonyl (C=O) groups excluding carboxylic acids is 1. The number of benzene rings is 1.